The standard InChI is InChI=1S/C23H27N3O6/c1-14-5-10-17(32-14)21(28)19-20(15-6-8-16(9-7-15)31-13-18(24)27)26(23(30)22(19)29)12-4-11-25(2)3/h5-10,20,29H,4,11-13H2,1-3H3,(H2,24,27)/t20-/m0/s1. The summed E-state index contributed by atoms with van der Waals surface area (Å²) in [6, 6.07) is 9.00. The van der Waals surface area contributed by atoms with E-state index in [1.54, 1.807) is 37.3 Å². The van der Waals surface area contributed by atoms with Crippen LogP contribution in [-0.4, -0.2) is 66.3 Å². The van der Waals surface area contributed by atoms with E-state index >= 15 is 0 Å². The Morgan fingerprint density at radius 3 is 2.44 bits per heavy atom. The fraction of sp³-hybridized carbons (Fsp3) is 0.348. The molecule has 1 atom stereocenters. The number of aliphatic hydroxyl groups excluding tert-OH is 1. The molecule has 170 valence electrons. The molecule has 2 aromatic rings. The van der Waals surface area contributed by atoms with Gasteiger partial charge in [0.15, 0.2) is 18.1 Å². The number of hydrogen-bond acceptors (Lipinski definition) is 7. The Bertz CT molecular complexity index is 1040. The molecule has 32 heavy (non-hydrogen) atoms. The van der Waals surface area contributed by atoms with E-state index < -0.39 is 29.4 Å². The van der Waals surface area contributed by atoms with Crippen molar-refractivity contribution in [2.45, 2.75) is 19.4 Å². The molecule has 2 amide bonds. The smallest absolute Gasteiger partial charge is 0.290 e. The van der Waals surface area contributed by atoms with Crippen molar-refractivity contribution in [3.05, 3.63) is 64.8 Å². The molecule has 1 aliphatic heterocycles. The molecular formula is C23H27N3O6. The van der Waals surface area contributed by atoms with Gasteiger partial charge in [-0.05, 0) is 63.8 Å². The van der Waals surface area contributed by atoms with Gasteiger partial charge in [0.2, 0.25) is 5.78 Å². The van der Waals surface area contributed by atoms with Gasteiger partial charge in [-0.1, -0.05) is 12.1 Å². The second-order valence-electron chi connectivity index (χ2n) is 7.88. The van der Waals surface area contributed by atoms with Gasteiger partial charge in [-0.25, -0.2) is 0 Å². The van der Waals surface area contributed by atoms with Gasteiger partial charge in [-0.15, -0.1) is 0 Å². The number of aryl methyl sites for hydroxylation is 1. The Kier molecular flexibility index (Phi) is 6.99. The van der Waals surface area contributed by atoms with E-state index in [9.17, 15) is 19.5 Å². The van der Waals surface area contributed by atoms with Crippen LogP contribution in [0, 0.1) is 6.92 Å². The van der Waals surface area contributed by atoms with Gasteiger partial charge in [0, 0.05) is 6.54 Å². The molecule has 0 radical (unpaired) electrons. The molecular weight excluding hydrogens is 414 g/mol. The predicted octanol–water partition coefficient (Wildman–Crippen LogP) is 1.98. The van der Waals surface area contributed by atoms with Crippen molar-refractivity contribution >= 4 is 17.6 Å². The van der Waals surface area contributed by atoms with Crippen LogP contribution in [0.1, 0.15) is 34.3 Å². The summed E-state index contributed by atoms with van der Waals surface area (Å²) in [5, 5.41) is 10.6. The minimum absolute atomic E-state index is 0.0278. The van der Waals surface area contributed by atoms with Crippen molar-refractivity contribution in [1.82, 2.24) is 9.80 Å². The minimum Gasteiger partial charge on any atom is -0.503 e. The number of carbonyl (C=O) groups is 3. The largest absolute Gasteiger partial charge is 0.503 e. The maximum absolute atomic E-state index is 13.2. The summed E-state index contributed by atoms with van der Waals surface area (Å²) >= 11 is 0. The van der Waals surface area contributed by atoms with Gasteiger partial charge in [0.1, 0.15) is 11.5 Å². The summed E-state index contributed by atoms with van der Waals surface area (Å²) in [4.78, 5) is 40.5. The Morgan fingerprint density at radius 2 is 1.88 bits per heavy atom. The number of ether oxygens (including phenoxy) is 1. The zero-order valence-electron chi connectivity index (χ0n) is 18.3. The highest BCUT2D eigenvalue weighted by molar-refractivity contribution is 6.15. The first-order valence-electron chi connectivity index (χ1n) is 10.2. The Hall–Kier alpha value is -3.59. The van der Waals surface area contributed by atoms with Crippen LogP contribution in [0.2, 0.25) is 0 Å². The Balaban J connectivity index is 1.95. The molecule has 0 aliphatic carbocycles. The van der Waals surface area contributed by atoms with Crippen LogP contribution in [0.4, 0.5) is 0 Å². The predicted molar refractivity (Wildman–Crippen MR) is 116 cm³/mol. The molecule has 0 bridgehead atoms. The number of carbonyl (C=O) groups excluding carboxylic acids is 3. The second-order valence-corrected chi connectivity index (χ2v) is 7.88. The van der Waals surface area contributed by atoms with Crippen molar-refractivity contribution in [3.63, 3.8) is 0 Å². The molecule has 9 nitrogen and oxygen atoms in total. The average Bonchev–Trinajstić information content (AvgIpc) is 3.28. The molecule has 1 aromatic heterocycles. The number of nitrogens with zero attached hydrogens (tertiary/aromatic N) is 2. The van der Waals surface area contributed by atoms with E-state index in [2.05, 4.69) is 0 Å². The van der Waals surface area contributed by atoms with Gasteiger partial charge in [0.25, 0.3) is 11.8 Å². The number of nitrogens with two attached hydrogens (primary N) is 1. The molecule has 1 aliphatic rings. The zero-order chi connectivity index (χ0) is 23.4. The molecule has 1 aromatic carbocycles. The summed E-state index contributed by atoms with van der Waals surface area (Å²) < 4.78 is 10.7. The van der Waals surface area contributed by atoms with E-state index in [4.69, 9.17) is 14.9 Å². The number of Topliss-reactive ketones (excluding diaryl/α,β-unsaturated/α-hetero) is 1. The van der Waals surface area contributed by atoms with Crippen LogP contribution in [-0.2, 0) is 9.59 Å². The fourth-order valence-corrected chi connectivity index (χ4v) is 3.61. The van der Waals surface area contributed by atoms with E-state index in [0.29, 0.717) is 30.0 Å². The van der Waals surface area contributed by atoms with Gasteiger partial charge in [-0.3, -0.25) is 14.4 Å². The van der Waals surface area contributed by atoms with E-state index in [0.717, 1.165) is 6.54 Å². The molecule has 0 saturated heterocycles. The molecule has 0 unspecified atom stereocenters. The third-order valence-electron chi connectivity index (χ3n) is 5.09. The SMILES string of the molecule is Cc1ccc(C(=O)C2=C(O)C(=O)N(CCCN(C)C)[C@H]2c2ccc(OCC(N)=O)cc2)o1. The van der Waals surface area contributed by atoms with Gasteiger partial charge >= 0.3 is 0 Å². The van der Waals surface area contributed by atoms with Crippen molar-refractivity contribution in [2.24, 2.45) is 5.73 Å². The van der Waals surface area contributed by atoms with Crippen LogP contribution < -0.4 is 10.5 Å². The van der Waals surface area contributed by atoms with Crippen LogP contribution >= 0.6 is 0 Å². The minimum atomic E-state index is -0.784. The summed E-state index contributed by atoms with van der Waals surface area (Å²) in [7, 11) is 3.86. The lowest BCUT2D eigenvalue weighted by Crippen LogP contribution is -2.33. The van der Waals surface area contributed by atoms with Crippen LogP contribution in [0.3, 0.4) is 0 Å². The lowest BCUT2D eigenvalue weighted by molar-refractivity contribution is -0.129. The number of benzene rings is 1. The summed E-state index contributed by atoms with van der Waals surface area (Å²) in [6.45, 7) is 2.53. The van der Waals surface area contributed by atoms with Crippen LogP contribution in [0.25, 0.3) is 0 Å². The summed E-state index contributed by atoms with van der Waals surface area (Å²) in [5.74, 6) is -1.30. The quantitative estimate of drug-likeness (QED) is 0.540. The third kappa shape index (κ3) is 5.00. The van der Waals surface area contributed by atoms with Crippen LogP contribution in [0.15, 0.2) is 52.1 Å². The van der Waals surface area contributed by atoms with Crippen LogP contribution in [0.5, 0.6) is 5.75 Å². The summed E-state index contributed by atoms with van der Waals surface area (Å²) in [6.07, 6.45) is 0.656. The number of ketones is 1. The van der Waals surface area contributed by atoms with Crippen molar-refractivity contribution in [1.29, 1.82) is 0 Å². The molecule has 0 fully saturated rings. The molecule has 3 N–H and O–H groups in total. The number of hydrogen-bond donors (Lipinski definition) is 2. The summed E-state index contributed by atoms with van der Waals surface area (Å²) in [5.41, 5.74) is 5.69. The van der Waals surface area contributed by atoms with Gasteiger partial charge in [0.05, 0.1) is 11.6 Å². The highest BCUT2D eigenvalue weighted by Crippen LogP contribution is 2.39. The molecule has 3 rings (SSSR count). The number of furan rings is 1. The molecule has 0 spiro atoms. The first-order valence-corrected chi connectivity index (χ1v) is 10.2. The number of rotatable bonds is 10. The molecule has 2 heterocycles. The maximum atomic E-state index is 13.2. The van der Waals surface area contributed by atoms with Crippen molar-refractivity contribution in [3.8, 4) is 5.75 Å². The highest BCUT2D eigenvalue weighted by Gasteiger charge is 2.44. The average molecular weight is 441 g/mol. The number of amides is 2. The van der Waals surface area contributed by atoms with E-state index in [-0.39, 0.29) is 17.9 Å². The van der Waals surface area contributed by atoms with Crippen molar-refractivity contribution < 1.29 is 28.6 Å². The maximum Gasteiger partial charge on any atom is 0.290 e. The lowest BCUT2D eigenvalue weighted by Gasteiger charge is -2.27. The van der Waals surface area contributed by atoms with Crippen molar-refractivity contribution in [2.75, 3.05) is 33.8 Å². The monoisotopic (exact) mass is 441 g/mol. The van der Waals surface area contributed by atoms with E-state index in [1.165, 1.54) is 11.0 Å². The third-order valence-corrected chi connectivity index (χ3v) is 5.09. The van der Waals surface area contributed by atoms with E-state index in [1.807, 2.05) is 19.0 Å². The molecule has 0 saturated carbocycles. The second kappa shape index (κ2) is 9.69. The zero-order valence-corrected chi connectivity index (χ0v) is 18.3. The van der Waals surface area contributed by atoms with Gasteiger partial charge < -0.3 is 29.8 Å². The number of primary amides is 1. The Labute approximate surface area is 186 Å². The first kappa shape index (κ1) is 23.1. The molecule has 9 heteroatoms. The lowest BCUT2D eigenvalue weighted by atomic mass is 9.95. The van der Waals surface area contributed by atoms with Gasteiger partial charge in [-0.2, -0.15) is 0 Å². The highest BCUT2D eigenvalue weighted by atomic mass is 16.5. The normalized spacial score (nSPS) is 16.2. The Morgan fingerprint density at radius 1 is 1.19 bits per heavy atom. The first-order chi connectivity index (χ1) is 15.2. The topological polar surface area (TPSA) is 126 Å². The number of aliphatic hydroxyl groups is 1. The fourth-order valence-electron chi connectivity index (χ4n) is 3.61.